The second-order valence-corrected chi connectivity index (χ2v) is 22.9. The zero-order valence-corrected chi connectivity index (χ0v) is 38.1. The number of hydrogen-bond donors (Lipinski definition) is 1. The molecule has 8 heteroatoms. The maximum Gasteiger partial charge on any atom is 0.0146 e. The molecule has 0 aliphatic carbocycles. The van der Waals surface area contributed by atoms with E-state index in [1.807, 2.05) is 0 Å². The van der Waals surface area contributed by atoms with Crippen molar-refractivity contribution in [1.29, 1.82) is 0 Å². The van der Waals surface area contributed by atoms with E-state index in [0.29, 0.717) is 6.54 Å². The van der Waals surface area contributed by atoms with Crippen molar-refractivity contribution in [2.24, 2.45) is 0 Å². The van der Waals surface area contributed by atoms with Crippen LogP contribution in [-0.4, -0.2) is 28.5 Å². The van der Waals surface area contributed by atoms with Gasteiger partial charge in [0.25, 0.3) is 0 Å². The Labute approximate surface area is 338 Å². The first kappa shape index (κ1) is 43.8. The Kier molecular flexibility index (Phi) is 14.5. The minimum atomic E-state index is -2.07. The third kappa shape index (κ3) is 11.3. The van der Waals surface area contributed by atoms with Gasteiger partial charge in [0.2, 0.25) is 0 Å². The van der Waals surface area contributed by atoms with Gasteiger partial charge in [-0.3, -0.25) is 0 Å². The summed E-state index contributed by atoms with van der Waals surface area (Å²) in [5.41, 5.74) is 15.9. The topological polar surface area (TPSA) is 31.3 Å². The molecule has 0 spiro atoms. The summed E-state index contributed by atoms with van der Waals surface area (Å²) in [6.07, 6.45) is 0.163. The summed E-state index contributed by atoms with van der Waals surface area (Å²) in [7, 11) is 12.1. The molecule has 4 aromatic carbocycles. The molecule has 4 aromatic rings. The Morgan fingerprint density at radius 3 is 1.70 bits per heavy atom. The molecule has 1 fully saturated rings. The molecule has 0 bridgehead atoms. The fraction of sp³-hybridized carbons (Fsp3) is 0.435. The van der Waals surface area contributed by atoms with E-state index in [4.69, 9.17) is 24.1 Å². The van der Waals surface area contributed by atoms with Crippen LogP contribution in [0.25, 0.3) is 0 Å². The van der Waals surface area contributed by atoms with Crippen molar-refractivity contribution in [3.8, 4) is 5.75 Å². The first-order chi connectivity index (χ1) is 25.0. The zero-order chi connectivity index (χ0) is 40.3. The minimum Gasteiger partial charge on any atom is -0.502 e. The summed E-state index contributed by atoms with van der Waals surface area (Å²) in [4.78, 5) is 4.81. The van der Waals surface area contributed by atoms with Crippen molar-refractivity contribution >= 4 is 41.1 Å². The van der Waals surface area contributed by atoms with Gasteiger partial charge >= 0.3 is 201 Å². The quantitative estimate of drug-likeness (QED) is 0.0829. The Bertz CT molecular complexity index is 1880. The molecule has 1 saturated heterocycles. The zero-order valence-electron chi connectivity index (χ0n) is 34.9. The molecule has 0 saturated carbocycles. The van der Waals surface area contributed by atoms with Crippen molar-refractivity contribution < 1.29 is 22.6 Å². The predicted molar refractivity (Wildman–Crippen MR) is 232 cm³/mol. The first-order valence-electron chi connectivity index (χ1n) is 18.8. The molecule has 54 heavy (non-hydrogen) atoms. The molecular weight excluding hydrogens is 801 g/mol. The molecule has 296 valence electrons. The maximum absolute atomic E-state index is 13.8. The summed E-state index contributed by atoms with van der Waals surface area (Å²) in [5.74, 6) is 0.698. The van der Waals surface area contributed by atoms with Crippen LogP contribution < -0.4 is 15.1 Å². The Balaban J connectivity index is 0.000000251. The molecule has 0 amide bonds. The van der Waals surface area contributed by atoms with Crippen molar-refractivity contribution in [1.82, 2.24) is 0 Å². The van der Waals surface area contributed by atoms with Crippen molar-refractivity contribution in [2.45, 2.75) is 120 Å². The van der Waals surface area contributed by atoms with Crippen LogP contribution in [0.3, 0.4) is 0 Å². The van der Waals surface area contributed by atoms with Crippen LogP contribution >= 0.6 is 19.4 Å². The van der Waals surface area contributed by atoms with E-state index in [0.717, 1.165) is 35.7 Å². The SMILES string of the molecule is CC(C)[OH+]c1c(NCc2ccc(F)cc2[CH]=[Ru]([Cl])[Cl])cc(C(C)(C)C)cc1C(C)(C)C.Cc1cc(C)c(N2[CH-]N(c3c(C)cc(C)cc3C)CC2)c(C)c1. The predicted octanol–water partition coefficient (Wildman–Crippen LogP) is 12.7. The normalized spacial score (nSPS) is 13.6. The van der Waals surface area contributed by atoms with E-state index in [1.165, 1.54) is 68.0 Å². The van der Waals surface area contributed by atoms with Gasteiger partial charge in [-0.2, -0.15) is 6.67 Å². The molecule has 0 radical (unpaired) electrons. The number of rotatable bonds is 8. The van der Waals surface area contributed by atoms with E-state index >= 15 is 0 Å². The molecule has 1 heterocycles. The molecule has 1 aliphatic heterocycles. The smallest absolute Gasteiger partial charge is 0.0146 e. The molecule has 4 nitrogen and oxygen atoms in total. The van der Waals surface area contributed by atoms with Gasteiger partial charge in [0.15, 0.2) is 0 Å². The van der Waals surface area contributed by atoms with Gasteiger partial charge in [-0.1, -0.05) is 35.4 Å². The van der Waals surface area contributed by atoms with E-state index in [2.05, 4.69) is 155 Å². The number of ether oxygens (including phenoxy) is 1. The van der Waals surface area contributed by atoms with Crippen LogP contribution in [0.5, 0.6) is 5.75 Å². The van der Waals surface area contributed by atoms with Crippen LogP contribution in [0, 0.1) is 54.0 Å². The fourth-order valence-electron chi connectivity index (χ4n) is 7.36. The van der Waals surface area contributed by atoms with Crippen LogP contribution in [-0.2, 0) is 30.9 Å². The molecular formula is C46H62Cl2FN3ORu. The Hall–Kier alpha value is -2.92. The Morgan fingerprint density at radius 1 is 0.778 bits per heavy atom. The first-order valence-corrected chi connectivity index (χ1v) is 24.3. The van der Waals surface area contributed by atoms with Gasteiger partial charge in [-0.25, -0.2) is 0 Å². The molecule has 2 N–H and O–H groups in total. The summed E-state index contributed by atoms with van der Waals surface area (Å²) in [5, 5.41) is 3.59. The largest absolute Gasteiger partial charge is 0.502 e. The second-order valence-electron chi connectivity index (χ2n) is 17.1. The van der Waals surface area contributed by atoms with Crippen LogP contribution in [0.1, 0.15) is 111 Å². The number of aryl methyl sites for hydroxylation is 6. The van der Waals surface area contributed by atoms with Crippen molar-refractivity contribution in [3.05, 3.63) is 123 Å². The third-order valence-electron chi connectivity index (χ3n) is 9.64. The van der Waals surface area contributed by atoms with E-state index < -0.39 is 13.5 Å². The number of anilines is 3. The van der Waals surface area contributed by atoms with Gasteiger partial charge in [0.05, 0.1) is 0 Å². The maximum atomic E-state index is 13.8. The van der Waals surface area contributed by atoms with E-state index in [-0.39, 0.29) is 22.8 Å². The number of nitrogens with zero attached hydrogens (tertiary/aromatic N) is 2. The van der Waals surface area contributed by atoms with Gasteiger partial charge in [0.1, 0.15) is 0 Å². The number of hydrogen-bond acceptors (Lipinski definition) is 3. The fourth-order valence-corrected chi connectivity index (χ4v) is 9.21. The minimum absolute atomic E-state index is 0.00213. The van der Waals surface area contributed by atoms with Gasteiger partial charge < -0.3 is 9.80 Å². The molecule has 1 aliphatic rings. The molecule has 0 atom stereocenters. The third-order valence-corrected chi connectivity index (χ3v) is 11.5. The van der Waals surface area contributed by atoms with Gasteiger partial charge in [0, 0.05) is 24.5 Å². The molecule has 0 unspecified atom stereocenters. The standard InChI is InChI=1S/C25H34FNO.C21H27N2.2ClH.Ru/c1-16(2)28-23-21(25(7,8)9)13-19(24(4,5)6)14-22(23)27-15-18-10-11-20(26)12-17(18)3;1-14-9-16(3)20(17(4)10-14)22-7-8-23(13-22)21-18(5)11-15(2)12-19(21)6;;;/h3,10-14,16,27H,15H2,1-2,4-9H3;9-13H,7-8H2,1-6H3;2*1H;/q;-1;;;+2/p-1. The van der Waals surface area contributed by atoms with E-state index in [9.17, 15) is 4.39 Å². The molecule has 5 rings (SSSR count). The number of aromatic hydroxyl groups is 1. The second kappa shape index (κ2) is 17.9. The molecule has 0 aromatic heterocycles. The van der Waals surface area contributed by atoms with Gasteiger partial charge in [-0.15, -0.1) is 0 Å². The van der Waals surface area contributed by atoms with Crippen LogP contribution in [0.2, 0.25) is 0 Å². The number of benzene rings is 4. The van der Waals surface area contributed by atoms with Crippen LogP contribution in [0.4, 0.5) is 21.5 Å². The summed E-state index contributed by atoms with van der Waals surface area (Å²) < 4.78 is 20.6. The van der Waals surface area contributed by atoms with Gasteiger partial charge in [-0.05, 0) is 63.8 Å². The number of aliphatic hydroxyl groups is 1. The Morgan fingerprint density at radius 2 is 1.28 bits per heavy atom. The monoisotopic (exact) mass is 863 g/mol. The summed E-state index contributed by atoms with van der Waals surface area (Å²) in [6.45, 7) is 35.6. The summed E-state index contributed by atoms with van der Waals surface area (Å²) >= 11 is -2.07. The summed E-state index contributed by atoms with van der Waals surface area (Å²) in [6, 6.07) is 18.4. The average molecular weight is 864 g/mol. The van der Waals surface area contributed by atoms with Crippen molar-refractivity contribution in [2.75, 3.05) is 28.2 Å². The number of halogens is 3. The number of nitrogens with one attached hydrogen (secondary N) is 1. The van der Waals surface area contributed by atoms with E-state index in [1.54, 1.807) is 10.7 Å². The van der Waals surface area contributed by atoms with Crippen molar-refractivity contribution in [3.63, 3.8) is 0 Å². The van der Waals surface area contributed by atoms with Crippen LogP contribution in [0.15, 0.2) is 54.6 Å². The average Bonchev–Trinajstić information content (AvgIpc) is 3.47.